The maximum absolute atomic E-state index is 12.9. The summed E-state index contributed by atoms with van der Waals surface area (Å²) in [7, 11) is 1.95. The van der Waals surface area contributed by atoms with Gasteiger partial charge in [-0.25, -0.2) is 0 Å². The van der Waals surface area contributed by atoms with E-state index in [0.717, 1.165) is 40.6 Å². The average Bonchev–Trinajstić information content (AvgIpc) is 3.49. The zero-order chi connectivity index (χ0) is 21.8. The van der Waals surface area contributed by atoms with E-state index in [0.29, 0.717) is 31.7 Å². The van der Waals surface area contributed by atoms with Crippen molar-refractivity contribution in [3.63, 3.8) is 0 Å². The minimum Gasteiger partial charge on any atom is -0.338 e. The molecule has 2 fully saturated rings. The van der Waals surface area contributed by atoms with Crippen molar-refractivity contribution in [3.05, 3.63) is 53.7 Å². The molecule has 1 saturated heterocycles. The third-order valence-corrected chi connectivity index (χ3v) is 6.57. The van der Waals surface area contributed by atoms with Gasteiger partial charge in [0, 0.05) is 44.2 Å². The number of nitrogens with two attached hydrogens (primary N) is 1. The van der Waals surface area contributed by atoms with Crippen LogP contribution in [-0.4, -0.2) is 63.1 Å². The van der Waals surface area contributed by atoms with Gasteiger partial charge in [0.05, 0.1) is 16.7 Å². The van der Waals surface area contributed by atoms with Gasteiger partial charge in [0.15, 0.2) is 0 Å². The van der Waals surface area contributed by atoms with Crippen LogP contribution >= 0.6 is 0 Å². The van der Waals surface area contributed by atoms with Gasteiger partial charge < -0.3 is 15.5 Å². The second-order valence-corrected chi connectivity index (χ2v) is 8.76. The molecule has 3 aromatic rings. The van der Waals surface area contributed by atoms with Gasteiger partial charge in [-0.2, -0.15) is 5.10 Å². The van der Waals surface area contributed by atoms with Crippen LogP contribution in [0.25, 0.3) is 22.0 Å². The predicted molar refractivity (Wildman–Crippen MR) is 120 cm³/mol. The molecule has 7 heteroatoms. The minimum absolute atomic E-state index is 0.00564. The van der Waals surface area contributed by atoms with Gasteiger partial charge in [-0.15, -0.1) is 0 Å². The number of benzene rings is 2. The quantitative estimate of drug-likeness (QED) is 0.709. The second kappa shape index (κ2) is 7.20. The summed E-state index contributed by atoms with van der Waals surface area (Å²) in [5.74, 6) is 0.0378. The Bertz CT molecular complexity index is 1170. The van der Waals surface area contributed by atoms with Crippen molar-refractivity contribution in [3.8, 4) is 11.1 Å². The van der Waals surface area contributed by atoms with Gasteiger partial charge in [-0.1, -0.05) is 18.2 Å². The number of nitrogens with zero attached hydrogens (tertiary/aromatic N) is 4. The molecule has 5 rings (SSSR count). The summed E-state index contributed by atoms with van der Waals surface area (Å²) in [5, 5.41) is 5.62. The van der Waals surface area contributed by atoms with E-state index >= 15 is 0 Å². The summed E-state index contributed by atoms with van der Waals surface area (Å²) >= 11 is 0. The second-order valence-electron chi connectivity index (χ2n) is 8.76. The smallest absolute Gasteiger partial charge is 0.253 e. The standard InChI is InChI=1S/C24H27N5O2/c1-16-20-15-19(7-8-21(20)27(2)26-16)17-3-5-18(6-4-17)22(30)28-11-13-29(14-12-28)23(31)24(25)9-10-24/h3-8,15H,9-14,25H2,1-2H3. The Balaban J connectivity index is 1.27. The zero-order valence-corrected chi connectivity index (χ0v) is 18.0. The normalized spacial score (nSPS) is 17.8. The Morgan fingerprint density at radius 3 is 2.19 bits per heavy atom. The Morgan fingerprint density at radius 2 is 1.55 bits per heavy atom. The van der Waals surface area contributed by atoms with Crippen LogP contribution in [0.4, 0.5) is 0 Å². The maximum Gasteiger partial charge on any atom is 0.253 e. The molecule has 1 saturated carbocycles. The van der Waals surface area contributed by atoms with Crippen molar-refractivity contribution in [1.29, 1.82) is 0 Å². The summed E-state index contributed by atoms with van der Waals surface area (Å²) in [6.45, 7) is 4.19. The summed E-state index contributed by atoms with van der Waals surface area (Å²) < 4.78 is 1.89. The number of hydrogen-bond donors (Lipinski definition) is 1. The van der Waals surface area contributed by atoms with Gasteiger partial charge >= 0.3 is 0 Å². The molecule has 0 spiro atoms. The van der Waals surface area contributed by atoms with E-state index in [2.05, 4.69) is 23.3 Å². The van der Waals surface area contributed by atoms with Crippen molar-refractivity contribution in [2.75, 3.05) is 26.2 Å². The maximum atomic E-state index is 12.9. The average molecular weight is 418 g/mol. The molecule has 2 N–H and O–H groups in total. The number of fused-ring (bicyclic) bond motifs is 1. The number of aryl methyl sites for hydroxylation is 2. The summed E-state index contributed by atoms with van der Waals surface area (Å²) in [5.41, 5.74) is 10.3. The lowest BCUT2D eigenvalue weighted by molar-refractivity contribution is -0.135. The molecule has 1 aromatic heterocycles. The third-order valence-electron chi connectivity index (χ3n) is 6.57. The predicted octanol–water partition coefficient (Wildman–Crippen LogP) is 2.32. The van der Waals surface area contributed by atoms with Crippen molar-refractivity contribution in [2.45, 2.75) is 25.3 Å². The highest BCUT2D eigenvalue weighted by Gasteiger charge is 2.48. The van der Waals surface area contributed by atoms with E-state index in [9.17, 15) is 9.59 Å². The summed E-state index contributed by atoms with van der Waals surface area (Å²) in [6.07, 6.45) is 1.54. The van der Waals surface area contributed by atoms with Crippen LogP contribution in [0, 0.1) is 6.92 Å². The number of carbonyl (C=O) groups excluding carboxylic acids is 2. The summed E-state index contributed by atoms with van der Waals surface area (Å²) in [4.78, 5) is 29.0. The lowest BCUT2D eigenvalue weighted by atomic mass is 10.0. The van der Waals surface area contributed by atoms with Gasteiger partial charge in [0.25, 0.3) is 5.91 Å². The first-order valence-corrected chi connectivity index (χ1v) is 10.8. The van der Waals surface area contributed by atoms with Crippen LogP contribution in [-0.2, 0) is 11.8 Å². The third kappa shape index (κ3) is 3.49. The van der Waals surface area contributed by atoms with Gasteiger partial charge in [-0.05, 0) is 55.2 Å². The first-order chi connectivity index (χ1) is 14.9. The molecule has 2 aliphatic rings. The van der Waals surface area contributed by atoms with Crippen molar-refractivity contribution in [1.82, 2.24) is 19.6 Å². The van der Waals surface area contributed by atoms with E-state index < -0.39 is 5.54 Å². The Labute approximate surface area is 181 Å². The number of carbonyl (C=O) groups is 2. The van der Waals surface area contributed by atoms with Crippen LogP contribution in [0.15, 0.2) is 42.5 Å². The van der Waals surface area contributed by atoms with Crippen molar-refractivity contribution >= 4 is 22.7 Å². The summed E-state index contributed by atoms with van der Waals surface area (Å²) in [6, 6.07) is 14.1. The molecule has 31 heavy (non-hydrogen) atoms. The van der Waals surface area contributed by atoms with Crippen LogP contribution < -0.4 is 5.73 Å². The monoisotopic (exact) mass is 417 g/mol. The van der Waals surface area contributed by atoms with Gasteiger partial charge in [0.2, 0.25) is 5.91 Å². The molecule has 2 amide bonds. The van der Waals surface area contributed by atoms with Gasteiger partial charge in [0.1, 0.15) is 0 Å². The first-order valence-electron chi connectivity index (χ1n) is 10.8. The molecule has 1 aliphatic heterocycles. The molecule has 1 aliphatic carbocycles. The van der Waals surface area contributed by atoms with E-state index in [4.69, 9.17) is 5.73 Å². The minimum atomic E-state index is -0.640. The molecular formula is C24H27N5O2. The molecule has 2 aromatic carbocycles. The number of hydrogen-bond acceptors (Lipinski definition) is 4. The Hall–Kier alpha value is -3.19. The molecule has 7 nitrogen and oxygen atoms in total. The van der Waals surface area contributed by atoms with Crippen molar-refractivity contribution < 1.29 is 9.59 Å². The number of rotatable bonds is 3. The van der Waals surface area contributed by atoms with E-state index in [1.807, 2.05) is 47.8 Å². The van der Waals surface area contributed by atoms with Crippen molar-refractivity contribution in [2.24, 2.45) is 12.8 Å². The fraction of sp³-hybridized carbons (Fsp3) is 0.375. The number of amides is 2. The molecule has 0 atom stereocenters. The molecule has 160 valence electrons. The highest BCUT2D eigenvalue weighted by Crippen LogP contribution is 2.34. The Morgan fingerprint density at radius 1 is 0.935 bits per heavy atom. The SMILES string of the molecule is Cc1nn(C)c2ccc(-c3ccc(C(=O)N4CCN(C(=O)C5(N)CC5)CC4)cc3)cc12. The van der Waals surface area contributed by atoms with Crippen LogP contribution in [0.2, 0.25) is 0 Å². The lowest BCUT2D eigenvalue weighted by Crippen LogP contribution is -2.55. The topological polar surface area (TPSA) is 84.5 Å². The Kier molecular flexibility index (Phi) is 4.59. The zero-order valence-electron chi connectivity index (χ0n) is 18.0. The van der Waals surface area contributed by atoms with E-state index in [1.54, 1.807) is 4.90 Å². The molecule has 0 radical (unpaired) electrons. The highest BCUT2D eigenvalue weighted by molar-refractivity contribution is 5.95. The highest BCUT2D eigenvalue weighted by atomic mass is 16.2. The molecular weight excluding hydrogens is 390 g/mol. The number of aromatic nitrogens is 2. The number of piperazine rings is 1. The fourth-order valence-electron chi connectivity index (χ4n) is 4.38. The van der Waals surface area contributed by atoms with E-state index in [-0.39, 0.29) is 11.8 Å². The van der Waals surface area contributed by atoms with Crippen LogP contribution in [0.3, 0.4) is 0 Å². The first kappa shape index (κ1) is 19.8. The molecule has 0 unspecified atom stereocenters. The largest absolute Gasteiger partial charge is 0.338 e. The van der Waals surface area contributed by atoms with E-state index in [1.165, 1.54) is 0 Å². The molecule has 0 bridgehead atoms. The molecule has 2 heterocycles. The van der Waals surface area contributed by atoms with Crippen LogP contribution in [0.5, 0.6) is 0 Å². The fourth-order valence-corrected chi connectivity index (χ4v) is 4.38. The van der Waals surface area contributed by atoms with Crippen LogP contribution in [0.1, 0.15) is 28.9 Å². The lowest BCUT2D eigenvalue weighted by Gasteiger charge is -2.36. The van der Waals surface area contributed by atoms with Gasteiger partial charge in [-0.3, -0.25) is 14.3 Å².